The summed E-state index contributed by atoms with van der Waals surface area (Å²) in [4.78, 5) is 47.4. The van der Waals surface area contributed by atoms with E-state index >= 15 is 0 Å². The molecule has 62 heavy (non-hydrogen) atoms. The van der Waals surface area contributed by atoms with Gasteiger partial charge >= 0.3 is 109 Å². The van der Waals surface area contributed by atoms with E-state index < -0.39 is 19.0 Å². The van der Waals surface area contributed by atoms with Crippen LogP contribution >= 0.6 is 22.6 Å². The molecule has 4 aliphatic rings. The summed E-state index contributed by atoms with van der Waals surface area (Å²) in [6, 6.07) is 0.191. The quantitative estimate of drug-likeness (QED) is 0.0482. The Morgan fingerprint density at radius 3 is 1.74 bits per heavy atom. The van der Waals surface area contributed by atoms with Crippen LogP contribution in [0.5, 0.6) is 6.01 Å². The second-order valence-corrected chi connectivity index (χ2v) is 15.9. The number of alkyl halides is 6. The van der Waals surface area contributed by atoms with Gasteiger partial charge in [-0.3, -0.25) is 23.3 Å². The van der Waals surface area contributed by atoms with E-state index in [1.165, 1.54) is 11.7 Å². The first-order valence-electron chi connectivity index (χ1n) is 20.4. The van der Waals surface area contributed by atoms with Gasteiger partial charge in [0.05, 0.1) is 28.0 Å². The molecule has 0 unspecified atom stereocenters. The molecule has 6 heterocycles. The van der Waals surface area contributed by atoms with E-state index in [9.17, 15) is 31.5 Å². The van der Waals surface area contributed by atoms with Gasteiger partial charge in [0.1, 0.15) is 17.5 Å². The SMILES string of the molecule is COc1nn2c(C3CCOCC3)ncc2c(=O)n1CC1CCC(F)(F)CC1.Cc1nn2c(C3CCOCC3)ncc2c(=O)[nH]1.FC1(F)CCC(CI)CC1.O=CO[O-].[2H]CF.[H-].[K+].[K+]. The van der Waals surface area contributed by atoms with E-state index in [4.69, 9.17) is 25.6 Å². The Labute approximate surface area is 457 Å². The van der Waals surface area contributed by atoms with Gasteiger partial charge in [0.2, 0.25) is 11.8 Å². The van der Waals surface area contributed by atoms with Crippen molar-refractivity contribution in [1.29, 1.82) is 0 Å². The first-order chi connectivity index (χ1) is 29.2. The molecule has 4 aromatic rings. The fraction of sp³-hybridized carbons (Fsp3) is 0.711. The molecule has 0 atom stereocenters. The number of nitrogens with one attached hydrogen (secondary N) is 1. The Morgan fingerprint density at radius 2 is 1.31 bits per heavy atom. The van der Waals surface area contributed by atoms with E-state index in [-0.39, 0.29) is 165 Å². The van der Waals surface area contributed by atoms with Gasteiger partial charge in [0.15, 0.2) is 11.0 Å². The van der Waals surface area contributed by atoms with Gasteiger partial charge in [0, 0.05) is 74.9 Å². The standard InChI is InChI=1S/C18H24F2N4O3.C11H14N4O2.C7H11F2I.CH3F.CH2O3.2K.H/c1-26-17-22-24-14(10-21-15(24)13-4-8-27-9-5-13)16(25)23(17)11-12-2-6-18(19,20)7-3-12;1-7-13-11(16)9-6-12-10(15(9)14-7)8-2-4-17-5-3-8;8-7(9)3-1-6(5-10)2-4-7;1-2;2-1-4-3;;;/h10,12-13H,2-9,11H2,1H3;6,8H,2-5H2,1H3,(H,13,14,16);6H,1-5H2;1H3;1,3H;;;/q;;;;;2*+1;-1/p-1/i;;;1D;;;;. The number of halogens is 6. The van der Waals surface area contributed by atoms with Crippen molar-refractivity contribution < 1.29 is 157 Å². The number of fused-ring (bicyclic) bond motifs is 2. The molecular weight excluding hydrogens is 997 g/mol. The topological polar surface area (TPSA) is 192 Å². The Bertz CT molecular complexity index is 2080. The minimum absolute atomic E-state index is 0. The number of imidazole rings is 2. The van der Waals surface area contributed by atoms with Crippen molar-refractivity contribution in [3.05, 3.63) is 50.6 Å². The molecule has 2 aliphatic heterocycles. The molecule has 24 heteroatoms. The molecule has 0 bridgehead atoms. The molecule has 338 valence electrons. The number of methoxy groups -OCH3 is 1. The number of ether oxygens (including phenoxy) is 3. The molecule has 2 saturated carbocycles. The molecule has 0 amide bonds. The van der Waals surface area contributed by atoms with Crippen LogP contribution in [0.15, 0.2) is 22.0 Å². The number of hydrogen-bond acceptors (Lipinski definition) is 12. The van der Waals surface area contributed by atoms with Gasteiger partial charge in [0.25, 0.3) is 17.6 Å². The minimum atomic E-state index is -2.59. The van der Waals surface area contributed by atoms with Crippen LogP contribution in [0.1, 0.15) is 109 Å². The average molecular weight is 1050 g/mol. The number of carbonyl (C=O) groups is 1. The third kappa shape index (κ3) is 16.7. The van der Waals surface area contributed by atoms with E-state index in [0.717, 1.165) is 67.8 Å². The number of nitrogens with zero attached hydrogens (tertiary/aromatic N) is 7. The largest absolute Gasteiger partial charge is 1.00 e. The van der Waals surface area contributed by atoms with Crippen LogP contribution in [0, 0.1) is 18.8 Å². The number of rotatable bonds is 7. The third-order valence-corrected chi connectivity index (χ3v) is 12.2. The predicted octanol–water partition coefficient (Wildman–Crippen LogP) is -0.373. The first kappa shape index (κ1) is 55.8. The fourth-order valence-corrected chi connectivity index (χ4v) is 8.45. The van der Waals surface area contributed by atoms with E-state index in [1.54, 1.807) is 28.3 Å². The summed E-state index contributed by atoms with van der Waals surface area (Å²) in [5, 5.41) is 17.2. The van der Waals surface area contributed by atoms with Gasteiger partial charge in [-0.2, -0.15) is 5.10 Å². The summed E-state index contributed by atoms with van der Waals surface area (Å²) in [5.74, 6) is -1.62. The second-order valence-electron chi connectivity index (χ2n) is 15.0. The van der Waals surface area contributed by atoms with Crippen molar-refractivity contribution in [2.24, 2.45) is 11.8 Å². The van der Waals surface area contributed by atoms with E-state index in [2.05, 4.69) is 52.6 Å². The zero-order valence-corrected chi connectivity index (χ0v) is 44.0. The molecule has 8 rings (SSSR count). The van der Waals surface area contributed by atoms with Crippen molar-refractivity contribution in [2.75, 3.05) is 45.1 Å². The molecule has 16 nitrogen and oxygen atoms in total. The Balaban J connectivity index is 0.000000475. The summed E-state index contributed by atoms with van der Waals surface area (Å²) in [6.45, 7) is 4.76. The van der Waals surface area contributed by atoms with E-state index in [0.29, 0.717) is 61.3 Å². The number of aromatic nitrogens is 8. The Kier molecular flexibility index (Phi) is 25.8. The maximum absolute atomic E-state index is 13.4. The summed E-state index contributed by atoms with van der Waals surface area (Å²) in [5.41, 5.74) is 0.517. The molecule has 4 aromatic heterocycles. The molecule has 0 spiro atoms. The smallest absolute Gasteiger partial charge is 1.00 e. The van der Waals surface area contributed by atoms with Crippen LogP contribution in [-0.4, -0.2) is 102 Å². The Hall–Kier alpha value is -0.497. The molecule has 2 saturated heterocycles. The minimum Gasteiger partial charge on any atom is -1.00 e. The van der Waals surface area contributed by atoms with Crippen molar-refractivity contribution in [2.45, 2.75) is 114 Å². The zero-order valence-electron chi connectivity index (χ0n) is 37.6. The molecule has 2 aliphatic carbocycles. The van der Waals surface area contributed by atoms with Crippen molar-refractivity contribution in [1.82, 2.24) is 38.7 Å². The van der Waals surface area contributed by atoms with Gasteiger partial charge in [-0.1, -0.05) is 22.6 Å². The van der Waals surface area contributed by atoms with Crippen LogP contribution in [0.4, 0.5) is 22.0 Å². The average Bonchev–Trinajstić information content (AvgIpc) is 3.89. The molecular formula is C38H54F5IK2N8O8. The van der Waals surface area contributed by atoms with Crippen molar-refractivity contribution >= 4 is 40.1 Å². The summed E-state index contributed by atoms with van der Waals surface area (Å²) in [6.07, 6.45) is 8.86. The Morgan fingerprint density at radius 1 is 0.871 bits per heavy atom. The maximum Gasteiger partial charge on any atom is 1.00 e. The van der Waals surface area contributed by atoms with Gasteiger partial charge < -0.3 is 30.8 Å². The fourth-order valence-electron chi connectivity index (χ4n) is 7.57. The molecule has 1 N–H and O–H groups in total. The summed E-state index contributed by atoms with van der Waals surface area (Å²) >= 11 is 2.27. The number of H-pyrrole nitrogens is 1. The van der Waals surface area contributed by atoms with Crippen molar-refractivity contribution in [3.8, 4) is 6.01 Å². The van der Waals surface area contributed by atoms with E-state index in [1.807, 2.05) is 0 Å². The van der Waals surface area contributed by atoms with Crippen molar-refractivity contribution in [3.63, 3.8) is 0 Å². The van der Waals surface area contributed by atoms with Crippen LogP contribution < -0.4 is 124 Å². The number of aryl methyl sites for hydroxylation is 1. The van der Waals surface area contributed by atoms with Crippen LogP contribution in [0.2, 0.25) is 0 Å². The monoisotopic (exact) mass is 1050 g/mol. The van der Waals surface area contributed by atoms with Gasteiger partial charge in [-0.15, -0.1) is 5.10 Å². The zero-order chi connectivity index (χ0) is 44.6. The summed E-state index contributed by atoms with van der Waals surface area (Å²) < 4.78 is 89.2. The second kappa shape index (κ2) is 28.6. The molecule has 4 fully saturated rings. The van der Waals surface area contributed by atoms with Crippen LogP contribution in [0.3, 0.4) is 0 Å². The van der Waals surface area contributed by atoms with Crippen LogP contribution in [0.25, 0.3) is 11.0 Å². The maximum atomic E-state index is 13.4. The normalized spacial score (nSPS) is 19.2. The van der Waals surface area contributed by atoms with Crippen LogP contribution in [-0.2, 0) is 25.7 Å². The number of aromatic amines is 1. The number of carbonyl (C=O) groups excluding carboxylic acids is 1. The first-order valence-corrected chi connectivity index (χ1v) is 21.2. The number of hydrogen-bond donors (Lipinski definition) is 1. The van der Waals surface area contributed by atoms with Gasteiger partial charge in [-0.05, 0) is 70.1 Å². The van der Waals surface area contributed by atoms with Gasteiger partial charge in [-0.25, -0.2) is 36.6 Å². The molecule has 0 aromatic carbocycles. The molecule has 0 radical (unpaired) electrons. The third-order valence-electron chi connectivity index (χ3n) is 10.9. The summed E-state index contributed by atoms with van der Waals surface area (Å²) in [7, 11) is 0.462. The predicted molar refractivity (Wildman–Crippen MR) is 216 cm³/mol.